The van der Waals surface area contributed by atoms with Crippen LogP contribution in [0.25, 0.3) is 0 Å². The lowest BCUT2D eigenvalue weighted by molar-refractivity contribution is 0.347. The molecular weight excluding hydrogens is 252 g/mol. The van der Waals surface area contributed by atoms with Gasteiger partial charge >= 0.3 is 0 Å². The molecule has 72 valence electrons. The van der Waals surface area contributed by atoms with E-state index in [9.17, 15) is 0 Å². The third kappa shape index (κ3) is 1.87. The highest BCUT2D eigenvalue weighted by Crippen LogP contribution is 2.33. The molecule has 1 aromatic rings. The van der Waals surface area contributed by atoms with Crippen molar-refractivity contribution in [2.24, 2.45) is 5.92 Å². The maximum absolute atomic E-state index is 5.10. The molecule has 0 radical (unpaired) electrons. The Hall–Kier alpha value is -0.130. The van der Waals surface area contributed by atoms with Gasteiger partial charge in [0.1, 0.15) is 0 Å². The maximum Gasteiger partial charge on any atom is 0.239 e. The molecular formula is C8H11BrN2OS. The topological polar surface area (TPSA) is 34.1 Å². The van der Waals surface area contributed by atoms with E-state index in [-0.39, 0.29) is 0 Å². The standard InChI is InChI=1S/C8H11BrN2OS/c1-12-8-7(9)6(13-11-8)2-5-3-10-4-5/h5,10H,2-4H2,1H3. The number of halogens is 1. The summed E-state index contributed by atoms with van der Waals surface area (Å²) < 4.78 is 10.3. The number of ether oxygens (including phenoxy) is 1. The summed E-state index contributed by atoms with van der Waals surface area (Å²) in [5, 5.41) is 3.26. The van der Waals surface area contributed by atoms with Crippen molar-refractivity contribution in [1.29, 1.82) is 0 Å². The highest BCUT2D eigenvalue weighted by Gasteiger charge is 2.21. The van der Waals surface area contributed by atoms with Gasteiger partial charge in [-0.15, -0.1) is 0 Å². The molecule has 0 aromatic carbocycles. The minimum absolute atomic E-state index is 0.715. The Morgan fingerprint density at radius 2 is 2.46 bits per heavy atom. The average Bonchev–Trinajstić information content (AvgIpc) is 2.40. The predicted octanol–water partition coefficient (Wildman–Crippen LogP) is 1.68. The molecule has 0 atom stereocenters. The molecule has 0 saturated carbocycles. The van der Waals surface area contributed by atoms with Crippen molar-refractivity contribution >= 4 is 27.5 Å². The molecule has 1 saturated heterocycles. The molecule has 3 nitrogen and oxygen atoms in total. The van der Waals surface area contributed by atoms with Crippen molar-refractivity contribution in [2.45, 2.75) is 6.42 Å². The molecule has 0 aliphatic carbocycles. The summed E-state index contributed by atoms with van der Waals surface area (Å²) >= 11 is 5.02. The van der Waals surface area contributed by atoms with Crippen LogP contribution in [0.15, 0.2) is 4.47 Å². The summed E-state index contributed by atoms with van der Waals surface area (Å²) in [6, 6.07) is 0. The monoisotopic (exact) mass is 262 g/mol. The normalized spacial score (nSPS) is 17.1. The van der Waals surface area contributed by atoms with Crippen LogP contribution in [-0.2, 0) is 6.42 Å². The fraction of sp³-hybridized carbons (Fsp3) is 0.625. The van der Waals surface area contributed by atoms with Gasteiger partial charge in [-0.1, -0.05) is 0 Å². The van der Waals surface area contributed by atoms with E-state index in [1.807, 2.05) is 0 Å². The van der Waals surface area contributed by atoms with Gasteiger partial charge < -0.3 is 10.1 Å². The van der Waals surface area contributed by atoms with Crippen molar-refractivity contribution in [2.75, 3.05) is 20.2 Å². The lowest BCUT2D eigenvalue weighted by atomic mass is 9.99. The molecule has 1 fully saturated rings. The van der Waals surface area contributed by atoms with E-state index in [2.05, 4.69) is 25.6 Å². The Morgan fingerprint density at radius 1 is 1.69 bits per heavy atom. The van der Waals surface area contributed by atoms with Gasteiger partial charge in [0.25, 0.3) is 0 Å². The Morgan fingerprint density at radius 3 is 2.92 bits per heavy atom. The molecule has 13 heavy (non-hydrogen) atoms. The van der Waals surface area contributed by atoms with Crippen LogP contribution in [0.1, 0.15) is 4.88 Å². The minimum Gasteiger partial charge on any atom is -0.480 e. The zero-order valence-electron chi connectivity index (χ0n) is 7.34. The Bertz CT molecular complexity index is 298. The average molecular weight is 263 g/mol. The molecule has 0 bridgehead atoms. The third-order valence-corrected chi connectivity index (χ3v) is 4.13. The van der Waals surface area contributed by atoms with Gasteiger partial charge in [-0.3, -0.25) is 0 Å². The van der Waals surface area contributed by atoms with Crippen LogP contribution in [0.3, 0.4) is 0 Å². The van der Waals surface area contributed by atoms with Crippen LogP contribution >= 0.6 is 27.5 Å². The molecule has 0 spiro atoms. The zero-order valence-corrected chi connectivity index (χ0v) is 9.74. The fourth-order valence-corrected chi connectivity index (χ4v) is 2.89. The summed E-state index contributed by atoms with van der Waals surface area (Å²) in [5.74, 6) is 1.49. The van der Waals surface area contributed by atoms with E-state index >= 15 is 0 Å². The van der Waals surface area contributed by atoms with Gasteiger partial charge in [0.2, 0.25) is 5.88 Å². The molecule has 2 heterocycles. The lowest BCUT2D eigenvalue weighted by Crippen LogP contribution is -2.42. The second-order valence-corrected chi connectivity index (χ2v) is 4.81. The van der Waals surface area contributed by atoms with E-state index in [4.69, 9.17) is 4.74 Å². The van der Waals surface area contributed by atoms with Gasteiger partial charge in [-0.25, -0.2) is 0 Å². The molecule has 1 aromatic heterocycles. The van der Waals surface area contributed by atoms with Crippen molar-refractivity contribution < 1.29 is 4.74 Å². The molecule has 2 rings (SSSR count). The second-order valence-electron chi connectivity index (χ2n) is 3.16. The van der Waals surface area contributed by atoms with E-state index in [1.165, 1.54) is 16.4 Å². The van der Waals surface area contributed by atoms with Crippen LogP contribution in [0.4, 0.5) is 0 Å². The van der Waals surface area contributed by atoms with Crippen LogP contribution in [0, 0.1) is 5.92 Å². The minimum atomic E-state index is 0.715. The quantitative estimate of drug-likeness (QED) is 0.900. The van der Waals surface area contributed by atoms with E-state index in [0.717, 1.165) is 29.9 Å². The summed E-state index contributed by atoms with van der Waals surface area (Å²) in [6.07, 6.45) is 1.11. The number of hydrogen-bond acceptors (Lipinski definition) is 4. The molecule has 0 amide bonds. The van der Waals surface area contributed by atoms with Gasteiger partial charge in [0.05, 0.1) is 11.6 Å². The number of rotatable bonds is 3. The molecule has 1 N–H and O–H groups in total. The van der Waals surface area contributed by atoms with Crippen LogP contribution in [0.2, 0.25) is 0 Å². The van der Waals surface area contributed by atoms with Gasteiger partial charge in [-0.05, 0) is 52.9 Å². The lowest BCUT2D eigenvalue weighted by Gasteiger charge is -2.26. The largest absolute Gasteiger partial charge is 0.480 e. The van der Waals surface area contributed by atoms with Crippen molar-refractivity contribution in [3.05, 3.63) is 9.35 Å². The van der Waals surface area contributed by atoms with Crippen molar-refractivity contribution in [3.63, 3.8) is 0 Å². The van der Waals surface area contributed by atoms with Crippen LogP contribution in [-0.4, -0.2) is 24.6 Å². The molecule has 0 unspecified atom stereocenters. The van der Waals surface area contributed by atoms with Gasteiger partial charge in [0.15, 0.2) is 0 Å². The highest BCUT2D eigenvalue weighted by molar-refractivity contribution is 9.10. The highest BCUT2D eigenvalue weighted by atomic mass is 79.9. The first kappa shape index (κ1) is 9.43. The first-order valence-electron chi connectivity index (χ1n) is 4.20. The molecule has 1 aliphatic rings. The number of aromatic nitrogens is 1. The summed E-state index contributed by atoms with van der Waals surface area (Å²) in [4.78, 5) is 1.29. The first-order chi connectivity index (χ1) is 6.31. The van der Waals surface area contributed by atoms with E-state index < -0.39 is 0 Å². The summed E-state index contributed by atoms with van der Waals surface area (Å²) in [5.41, 5.74) is 0. The zero-order chi connectivity index (χ0) is 9.26. The molecule has 1 aliphatic heterocycles. The van der Waals surface area contributed by atoms with Gasteiger partial charge in [0, 0.05) is 4.88 Å². The SMILES string of the molecule is COc1nsc(CC2CNC2)c1Br. The molecule has 5 heteroatoms. The van der Waals surface area contributed by atoms with Gasteiger partial charge in [-0.2, -0.15) is 4.37 Å². The number of nitrogens with zero attached hydrogens (tertiary/aromatic N) is 1. The van der Waals surface area contributed by atoms with Crippen LogP contribution in [0.5, 0.6) is 5.88 Å². The Labute approximate surface area is 89.8 Å². The first-order valence-corrected chi connectivity index (χ1v) is 5.76. The summed E-state index contributed by atoms with van der Waals surface area (Å²) in [7, 11) is 1.65. The van der Waals surface area contributed by atoms with E-state index in [0.29, 0.717) is 5.88 Å². The van der Waals surface area contributed by atoms with E-state index in [1.54, 1.807) is 7.11 Å². The Balaban J connectivity index is 2.06. The maximum atomic E-state index is 5.10. The predicted molar refractivity (Wildman–Crippen MR) is 56.4 cm³/mol. The second kappa shape index (κ2) is 3.94. The fourth-order valence-electron chi connectivity index (χ4n) is 1.30. The summed E-state index contributed by atoms with van der Waals surface area (Å²) in [6.45, 7) is 2.26. The number of nitrogens with one attached hydrogen (secondary N) is 1. The van der Waals surface area contributed by atoms with Crippen LogP contribution < -0.4 is 10.1 Å². The third-order valence-electron chi connectivity index (χ3n) is 2.20. The van der Waals surface area contributed by atoms with Crippen molar-refractivity contribution in [3.8, 4) is 5.88 Å². The Kier molecular flexibility index (Phi) is 2.86. The smallest absolute Gasteiger partial charge is 0.239 e. The number of methoxy groups -OCH3 is 1. The number of hydrogen-bond donors (Lipinski definition) is 1. The van der Waals surface area contributed by atoms with Crippen molar-refractivity contribution in [1.82, 2.24) is 9.69 Å².